The van der Waals surface area contributed by atoms with Crippen molar-refractivity contribution in [2.24, 2.45) is 5.16 Å². The fourth-order valence-corrected chi connectivity index (χ4v) is 2.08. The van der Waals surface area contributed by atoms with E-state index in [1.165, 1.54) is 6.21 Å². The fourth-order valence-electron chi connectivity index (χ4n) is 2.08. The van der Waals surface area contributed by atoms with Crippen molar-refractivity contribution >= 4 is 18.0 Å². The largest absolute Gasteiger partial charge is 0.457 e. The first-order valence-corrected chi connectivity index (χ1v) is 7.69. The maximum atomic E-state index is 11.8. The number of oxime groups is 1. The van der Waals surface area contributed by atoms with Crippen molar-refractivity contribution in [3.63, 3.8) is 0 Å². The Kier molecular flexibility index (Phi) is 5.40. The molecule has 0 atom stereocenters. The number of ether oxygens (including phenoxy) is 1. The number of nitrogens with zero attached hydrogens (tertiary/aromatic N) is 1. The highest BCUT2D eigenvalue weighted by molar-refractivity contribution is 5.86. The van der Waals surface area contributed by atoms with Crippen molar-refractivity contribution < 1.29 is 14.4 Å². The van der Waals surface area contributed by atoms with Gasteiger partial charge in [-0.2, -0.15) is 0 Å². The monoisotopic (exact) mass is 332 g/mol. The normalized spacial score (nSPS) is 10.4. The minimum absolute atomic E-state index is 0.549. The number of hydrogen-bond acceptors (Lipinski definition) is 4. The zero-order valence-electron chi connectivity index (χ0n) is 13.3. The van der Waals surface area contributed by atoms with E-state index in [9.17, 15) is 4.79 Å². The Hall–Kier alpha value is -3.60. The lowest BCUT2D eigenvalue weighted by Gasteiger charge is -2.07. The van der Waals surface area contributed by atoms with E-state index in [0.717, 1.165) is 11.3 Å². The second kappa shape index (κ2) is 8.31. The van der Waals surface area contributed by atoms with Crippen molar-refractivity contribution in [2.45, 2.75) is 0 Å². The molecule has 5 heteroatoms. The highest BCUT2D eigenvalue weighted by Gasteiger charge is 2.04. The summed E-state index contributed by atoms with van der Waals surface area (Å²) in [7, 11) is 0. The van der Waals surface area contributed by atoms with Crippen molar-refractivity contribution in [3.05, 3.63) is 90.5 Å². The van der Waals surface area contributed by atoms with Crippen LogP contribution in [0.2, 0.25) is 0 Å². The SMILES string of the molecule is O=C(Nc1cccc(Oc2ccccc2)c1)ON=Cc1ccccc1. The summed E-state index contributed by atoms with van der Waals surface area (Å²) in [6.45, 7) is 0. The van der Waals surface area contributed by atoms with Gasteiger partial charge < -0.3 is 4.74 Å². The van der Waals surface area contributed by atoms with Gasteiger partial charge in [0.25, 0.3) is 0 Å². The summed E-state index contributed by atoms with van der Waals surface area (Å²) in [5.74, 6) is 1.33. The maximum absolute atomic E-state index is 11.8. The molecule has 3 rings (SSSR count). The quantitative estimate of drug-likeness (QED) is 0.403. The van der Waals surface area contributed by atoms with Crippen LogP contribution in [-0.4, -0.2) is 12.3 Å². The third-order valence-electron chi connectivity index (χ3n) is 3.20. The van der Waals surface area contributed by atoms with E-state index in [2.05, 4.69) is 10.5 Å². The van der Waals surface area contributed by atoms with Crippen molar-refractivity contribution in [1.82, 2.24) is 0 Å². The number of hydrogen-bond donors (Lipinski definition) is 1. The molecule has 1 N–H and O–H groups in total. The molecule has 0 saturated carbocycles. The molecule has 124 valence electrons. The van der Waals surface area contributed by atoms with Gasteiger partial charge in [0.2, 0.25) is 0 Å². The van der Waals surface area contributed by atoms with E-state index in [1.807, 2.05) is 60.7 Å². The summed E-state index contributed by atoms with van der Waals surface area (Å²) < 4.78 is 5.72. The van der Waals surface area contributed by atoms with Crippen LogP contribution in [0.4, 0.5) is 10.5 Å². The molecule has 5 nitrogen and oxygen atoms in total. The Balaban J connectivity index is 1.56. The smallest absolute Gasteiger partial charge is 0.437 e. The second-order valence-corrected chi connectivity index (χ2v) is 5.09. The van der Waals surface area contributed by atoms with Crippen LogP contribution in [0.3, 0.4) is 0 Å². The predicted molar refractivity (Wildman–Crippen MR) is 97.1 cm³/mol. The molecule has 0 heterocycles. The van der Waals surface area contributed by atoms with Gasteiger partial charge in [-0.3, -0.25) is 10.2 Å². The minimum atomic E-state index is -0.677. The molecule has 25 heavy (non-hydrogen) atoms. The molecule has 0 spiro atoms. The minimum Gasteiger partial charge on any atom is -0.457 e. The van der Waals surface area contributed by atoms with Crippen LogP contribution >= 0.6 is 0 Å². The highest BCUT2D eigenvalue weighted by atomic mass is 16.7. The first-order valence-electron chi connectivity index (χ1n) is 7.69. The third kappa shape index (κ3) is 5.21. The lowest BCUT2D eigenvalue weighted by Crippen LogP contribution is -2.10. The van der Waals surface area contributed by atoms with Crippen LogP contribution < -0.4 is 10.1 Å². The van der Waals surface area contributed by atoms with Gasteiger partial charge in [-0.05, 0) is 29.8 Å². The summed E-state index contributed by atoms with van der Waals surface area (Å²) in [5.41, 5.74) is 1.39. The van der Waals surface area contributed by atoms with Gasteiger partial charge >= 0.3 is 6.09 Å². The van der Waals surface area contributed by atoms with Crippen molar-refractivity contribution in [1.29, 1.82) is 0 Å². The molecular formula is C20H16N2O3. The molecule has 0 aromatic heterocycles. The van der Waals surface area contributed by atoms with Gasteiger partial charge in [0.15, 0.2) is 0 Å². The predicted octanol–water partition coefficient (Wildman–Crippen LogP) is 5.06. The summed E-state index contributed by atoms with van der Waals surface area (Å²) in [6, 6.07) is 25.8. The molecule has 0 aliphatic heterocycles. The van der Waals surface area contributed by atoms with E-state index in [-0.39, 0.29) is 0 Å². The molecule has 0 aliphatic carbocycles. The van der Waals surface area contributed by atoms with Crippen LogP contribution in [0.5, 0.6) is 11.5 Å². The van der Waals surface area contributed by atoms with Crippen LogP contribution in [0.1, 0.15) is 5.56 Å². The van der Waals surface area contributed by atoms with E-state index < -0.39 is 6.09 Å². The summed E-state index contributed by atoms with van der Waals surface area (Å²) in [4.78, 5) is 16.6. The zero-order chi connectivity index (χ0) is 17.3. The number of carbonyl (C=O) groups is 1. The lowest BCUT2D eigenvalue weighted by atomic mass is 10.2. The number of benzene rings is 3. The Labute approximate surface area is 145 Å². The maximum Gasteiger partial charge on any atom is 0.437 e. The first-order chi connectivity index (χ1) is 12.3. The van der Waals surface area contributed by atoms with Gasteiger partial charge in [-0.15, -0.1) is 0 Å². The van der Waals surface area contributed by atoms with Gasteiger partial charge in [0, 0.05) is 11.8 Å². The molecular weight excluding hydrogens is 316 g/mol. The Morgan fingerprint density at radius 2 is 1.52 bits per heavy atom. The Morgan fingerprint density at radius 3 is 2.28 bits per heavy atom. The fraction of sp³-hybridized carbons (Fsp3) is 0. The molecule has 0 radical (unpaired) electrons. The molecule has 3 aromatic rings. The highest BCUT2D eigenvalue weighted by Crippen LogP contribution is 2.23. The van der Waals surface area contributed by atoms with Gasteiger partial charge in [-0.1, -0.05) is 59.8 Å². The second-order valence-electron chi connectivity index (χ2n) is 5.09. The van der Waals surface area contributed by atoms with Crippen LogP contribution in [0.15, 0.2) is 90.1 Å². The summed E-state index contributed by atoms with van der Waals surface area (Å²) in [6.07, 6.45) is 0.790. The van der Waals surface area contributed by atoms with Crippen LogP contribution in [-0.2, 0) is 4.84 Å². The van der Waals surface area contributed by atoms with Crippen molar-refractivity contribution in [3.8, 4) is 11.5 Å². The number of para-hydroxylation sites is 1. The molecule has 0 aliphatic rings. The van der Waals surface area contributed by atoms with E-state index in [0.29, 0.717) is 11.4 Å². The van der Waals surface area contributed by atoms with E-state index >= 15 is 0 Å². The van der Waals surface area contributed by atoms with Crippen LogP contribution in [0.25, 0.3) is 0 Å². The lowest BCUT2D eigenvalue weighted by molar-refractivity contribution is 0.167. The number of carbonyl (C=O) groups excluding carboxylic acids is 1. The Bertz CT molecular complexity index is 849. The Morgan fingerprint density at radius 1 is 0.840 bits per heavy atom. The molecule has 0 saturated heterocycles. The average molecular weight is 332 g/mol. The van der Waals surface area contributed by atoms with E-state index in [1.54, 1.807) is 24.3 Å². The molecule has 0 unspecified atom stereocenters. The molecule has 0 bridgehead atoms. The van der Waals surface area contributed by atoms with Gasteiger partial charge in [0.05, 0.1) is 6.21 Å². The van der Waals surface area contributed by atoms with Crippen molar-refractivity contribution in [2.75, 3.05) is 5.32 Å². The number of amides is 1. The van der Waals surface area contributed by atoms with Gasteiger partial charge in [-0.25, -0.2) is 4.79 Å². The standard InChI is InChI=1S/C20H16N2O3/c23-20(25-21-15-16-8-3-1-4-9-16)22-17-10-7-13-19(14-17)24-18-11-5-2-6-12-18/h1-15H,(H,22,23). The molecule has 3 aromatic carbocycles. The van der Waals surface area contributed by atoms with Crippen LogP contribution in [0, 0.1) is 0 Å². The number of anilines is 1. The van der Waals surface area contributed by atoms with Gasteiger partial charge in [0.1, 0.15) is 11.5 Å². The zero-order valence-corrected chi connectivity index (χ0v) is 13.3. The molecule has 1 amide bonds. The summed E-state index contributed by atoms with van der Waals surface area (Å²) >= 11 is 0. The topological polar surface area (TPSA) is 59.9 Å². The summed E-state index contributed by atoms with van der Waals surface area (Å²) in [5, 5.41) is 6.26. The van der Waals surface area contributed by atoms with E-state index in [4.69, 9.17) is 9.57 Å². The first kappa shape index (κ1) is 16.3. The molecule has 0 fully saturated rings. The third-order valence-corrected chi connectivity index (χ3v) is 3.20. The average Bonchev–Trinajstić information content (AvgIpc) is 2.64. The number of rotatable bonds is 5. The number of nitrogens with one attached hydrogen (secondary N) is 1.